The maximum atomic E-state index is 11.5. The predicted octanol–water partition coefficient (Wildman–Crippen LogP) is 1.48. The molecule has 0 N–H and O–H groups in total. The van der Waals surface area contributed by atoms with Crippen LogP contribution in [0.4, 0.5) is 0 Å². The molecule has 0 amide bonds. The smallest absolute Gasteiger partial charge is 0.326 e. The van der Waals surface area contributed by atoms with Gasteiger partial charge in [-0.05, 0) is 26.8 Å². The lowest BCUT2D eigenvalue weighted by Crippen LogP contribution is -2.30. The van der Waals surface area contributed by atoms with E-state index in [0.29, 0.717) is 4.90 Å². The van der Waals surface area contributed by atoms with E-state index in [9.17, 15) is 9.59 Å². The Hall–Kier alpha value is -1.23. The van der Waals surface area contributed by atoms with Gasteiger partial charge >= 0.3 is 5.97 Å². The van der Waals surface area contributed by atoms with Gasteiger partial charge in [-0.25, -0.2) is 0 Å². The fraction of sp³-hybridized carbons (Fsp3) is 0.455. The first-order valence-corrected chi connectivity index (χ1v) is 5.34. The van der Waals surface area contributed by atoms with Gasteiger partial charge in [-0.2, -0.15) is 0 Å². The van der Waals surface area contributed by atoms with E-state index in [-0.39, 0.29) is 12.1 Å². The summed E-state index contributed by atoms with van der Waals surface area (Å²) in [6, 6.07) is 3.00. The van der Waals surface area contributed by atoms with Crippen LogP contribution in [0.1, 0.15) is 20.8 Å². The summed E-state index contributed by atoms with van der Waals surface area (Å²) in [6.07, 6.45) is 1.52. The molecular formula is C11H15NO3S. The van der Waals surface area contributed by atoms with Crippen LogP contribution in [0, 0.1) is 0 Å². The number of rotatable bonds is 2. The van der Waals surface area contributed by atoms with Gasteiger partial charge in [-0.15, -0.1) is 12.6 Å². The highest BCUT2D eigenvalue weighted by atomic mass is 32.1. The zero-order valence-electron chi connectivity index (χ0n) is 9.56. The van der Waals surface area contributed by atoms with Crippen LogP contribution in [0.25, 0.3) is 0 Å². The van der Waals surface area contributed by atoms with Gasteiger partial charge in [0, 0.05) is 17.2 Å². The molecule has 0 saturated heterocycles. The van der Waals surface area contributed by atoms with Crippen molar-refractivity contribution in [3.8, 4) is 0 Å². The standard InChI is InChI=1S/C11H15NO3S/c1-11(2,3)15-10(14)7-12-5-4-8(16)6-9(12)13/h4-6,16H,7H2,1-3H3. The van der Waals surface area contributed by atoms with Crippen LogP contribution in [-0.4, -0.2) is 16.1 Å². The van der Waals surface area contributed by atoms with Crippen LogP contribution in [-0.2, 0) is 16.1 Å². The summed E-state index contributed by atoms with van der Waals surface area (Å²) < 4.78 is 6.39. The molecule has 1 rings (SSSR count). The quantitative estimate of drug-likeness (QED) is 0.630. The van der Waals surface area contributed by atoms with Crippen LogP contribution >= 0.6 is 12.6 Å². The fourth-order valence-corrected chi connectivity index (χ4v) is 1.32. The van der Waals surface area contributed by atoms with Crippen molar-refractivity contribution in [2.24, 2.45) is 0 Å². The zero-order chi connectivity index (χ0) is 12.3. The summed E-state index contributed by atoms with van der Waals surface area (Å²) in [5.41, 5.74) is -0.803. The minimum Gasteiger partial charge on any atom is -0.459 e. The molecule has 0 spiro atoms. The first-order chi connectivity index (χ1) is 7.28. The minimum absolute atomic E-state index is 0.0792. The summed E-state index contributed by atoms with van der Waals surface area (Å²) in [7, 11) is 0. The number of hydrogen-bond acceptors (Lipinski definition) is 4. The Bertz CT molecular complexity index is 445. The molecule has 0 radical (unpaired) electrons. The number of carbonyl (C=O) groups excluding carboxylic acids is 1. The predicted molar refractivity (Wildman–Crippen MR) is 63.8 cm³/mol. The molecule has 0 saturated carbocycles. The number of carbonyl (C=O) groups is 1. The summed E-state index contributed by atoms with van der Waals surface area (Å²) in [5.74, 6) is -0.429. The summed E-state index contributed by atoms with van der Waals surface area (Å²) in [6.45, 7) is 5.27. The van der Waals surface area contributed by atoms with Crippen molar-refractivity contribution in [2.45, 2.75) is 37.8 Å². The van der Waals surface area contributed by atoms with E-state index in [1.54, 1.807) is 26.8 Å². The largest absolute Gasteiger partial charge is 0.459 e. The molecule has 1 aromatic heterocycles. The van der Waals surface area contributed by atoms with E-state index in [1.807, 2.05) is 0 Å². The molecule has 0 aliphatic rings. The van der Waals surface area contributed by atoms with E-state index in [0.717, 1.165) is 0 Å². The molecule has 0 atom stereocenters. The van der Waals surface area contributed by atoms with Gasteiger partial charge in [0.25, 0.3) is 5.56 Å². The number of pyridine rings is 1. The van der Waals surface area contributed by atoms with Gasteiger partial charge in [0.05, 0.1) is 0 Å². The molecule has 0 aliphatic heterocycles. The first kappa shape index (κ1) is 12.8. The van der Waals surface area contributed by atoms with E-state index >= 15 is 0 Å². The molecule has 16 heavy (non-hydrogen) atoms. The summed E-state index contributed by atoms with van der Waals surface area (Å²) in [5, 5.41) is 0. The van der Waals surface area contributed by atoms with Crippen LogP contribution < -0.4 is 5.56 Å². The van der Waals surface area contributed by atoms with Gasteiger partial charge in [0.2, 0.25) is 0 Å². The first-order valence-electron chi connectivity index (χ1n) is 4.89. The average molecular weight is 241 g/mol. The Kier molecular flexibility index (Phi) is 3.80. The Morgan fingerprint density at radius 2 is 2.12 bits per heavy atom. The third-order valence-corrected chi connectivity index (χ3v) is 1.98. The molecule has 4 nitrogen and oxygen atoms in total. The van der Waals surface area contributed by atoms with Crippen molar-refractivity contribution in [3.05, 3.63) is 28.7 Å². The van der Waals surface area contributed by atoms with E-state index in [4.69, 9.17) is 4.74 Å². The number of aromatic nitrogens is 1. The fourth-order valence-electron chi connectivity index (χ4n) is 1.14. The summed E-state index contributed by atoms with van der Waals surface area (Å²) >= 11 is 4.03. The molecule has 1 heterocycles. The topological polar surface area (TPSA) is 48.3 Å². The number of nitrogens with zero attached hydrogens (tertiary/aromatic N) is 1. The maximum absolute atomic E-state index is 11.5. The molecule has 0 bridgehead atoms. The Morgan fingerprint density at radius 3 is 2.62 bits per heavy atom. The van der Waals surface area contributed by atoms with Gasteiger partial charge in [-0.1, -0.05) is 0 Å². The molecule has 88 valence electrons. The maximum Gasteiger partial charge on any atom is 0.326 e. The van der Waals surface area contributed by atoms with Gasteiger partial charge in [-0.3, -0.25) is 9.59 Å². The van der Waals surface area contributed by atoms with Crippen LogP contribution in [0.3, 0.4) is 0 Å². The number of hydrogen-bond donors (Lipinski definition) is 1. The molecule has 0 fully saturated rings. The Balaban J connectivity index is 2.74. The monoisotopic (exact) mass is 241 g/mol. The number of esters is 1. The molecule has 5 heteroatoms. The highest BCUT2D eigenvalue weighted by molar-refractivity contribution is 7.80. The molecular weight excluding hydrogens is 226 g/mol. The zero-order valence-corrected chi connectivity index (χ0v) is 10.5. The van der Waals surface area contributed by atoms with E-state index in [2.05, 4.69) is 12.6 Å². The lowest BCUT2D eigenvalue weighted by molar-refractivity contribution is -0.155. The molecule has 1 aromatic rings. The second-order valence-electron chi connectivity index (χ2n) is 4.44. The number of ether oxygens (including phenoxy) is 1. The van der Waals surface area contributed by atoms with Crippen molar-refractivity contribution < 1.29 is 9.53 Å². The van der Waals surface area contributed by atoms with Crippen molar-refractivity contribution in [1.82, 2.24) is 4.57 Å². The van der Waals surface area contributed by atoms with Crippen LogP contribution in [0.5, 0.6) is 0 Å². The van der Waals surface area contributed by atoms with Crippen molar-refractivity contribution in [2.75, 3.05) is 0 Å². The third-order valence-electron chi connectivity index (χ3n) is 1.70. The van der Waals surface area contributed by atoms with Gasteiger partial charge in [0.1, 0.15) is 12.1 Å². The van der Waals surface area contributed by atoms with E-state index < -0.39 is 11.6 Å². The highest BCUT2D eigenvalue weighted by Crippen LogP contribution is 2.07. The van der Waals surface area contributed by atoms with Gasteiger partial charge in [0.15, 0.2) is 0 Å². The third kappa shape index (κ3) is 4.10. The second kappa shape index (κ2) is 4.74. The SMILES string of the molecule is CC(C)(C)OC(=O)Cn1ccc(S)cc1=O. The molecule has 0 aromatic carbocycles. The van der Waals surface area contributed by atoms with Crippen LogP contribution in [0.15, 0.2) is 28.0 Å². The second-order valence-corrected chi connectivity index (χ2v) is 4.95. The lowest BCUT2D eigenvalue weighted by atomic mass is 10.2. The number of thiol groups is 1. The molecule has 0 aliphatic carbocycles. The van der Waals surface area contributed by atoms with Crippen LogP contribution in [0.2, 0.25) is 0 Å². The Labute approximate surface area is 99.6 Å². The van der Waals surface area contributed by atoms with Crippen molar-refractivity contribution in [1.29, 1.82) is 0 Å². The minimum atomic E-state index is -0.538. The normalized spacial score (nSPS) is 11.2. The average Bonchev–Trinajstić information content (AvgIpc) is 2.06. The lowest BCUT2D eigenvalue weighted by Gasteiger charge is -2.19. The van der Waals surface area contributed by atoms with Gasteiger partial charge < -0.3 is 9.30 Å². The molecule has 0 unspecified atom stereocenters. The highest BCUT2D eigenvalue weighted by Gasteiger charge is 2.16. The summed E-state index contributed by atoms with van der Waals surface area (Å²) in [4.78, 5) is 23.5. The Morgan fingerprint density at radius 1 is 1.50 bits per heavy atom. The van der Waals surface area contributed by atoms with Crippen molar-refractivity contribution in [3.63, 3.8) is 0 Å². The van der Waals surface area contributed by atoms with E-state index in [1.165, 1.54) is 16.8 Å². The van der Waals surface area contributed by atoms with Crippen molar-refractivity contribution >= 4 is 18.6 Å².